The molecule has 0 radical (unpaired) electrons. The fraction of sp³-hybridized carbons (Fsp3) is 0.345. The lowest BCUT2D eigenvalue weighted by Crippen LogP contribution is -2.36. The summed E-state index contributed by atoms with van der Waals surface area (Å²) >= 11 is 0. The first-order valence-corrected chi connectivity index (χ1v) is 12.0. The highest BCUT2D eigenvalue weighted by Crippen LogP contribution is 2.27. The van der Waals surface area contributed by atoms with E-state index in [4.69, 9.17) is 0 Å². The molecule has 1 saturated heterocycles. The summed E-state index contributed by atoms with van der Waals surface area (Å²) in [5.74, 6) is 0.930. The third kappa shape index (κ3) is 6.31. The number of carbonyl (C=O) groups is 1. The summed E-state index contributed by atoms with van der Waals surface area (Å²) in [7, 11) is 0. The van der Waals surface area contributed by atoms with Crippen molar-refractivity contribution in [1.29, 1.82) is 0 Å². The van der Waals surface area contributed by atoms with E-state index in [2.05, 4.69) is 17.1 Å². The molecule has 0 bridgehead atoms. The van der Waals surface area contributed by atoms with Gasteiger partial charge in [-0.25, -0.2) is 0 Å². The van der Waals surface area contributed by atoms with E-state index in [9.17, 15) is 9.90 Å². The summed E-state index contributed by atoms with van der Waals surface area (Å²) in [5, 5.41) is 13.9. The molecule has 1 aliphatic rings. The van der Waals surface area contributed by atoms with Crippen LogP contribution in [-0.2, 0) is 13.0 Å². The maximum Gasteiger partial charge on any atom is 0.167 e. The van der Waals surface area contributed by atoms with Crippen LogP contribution in [0, 0.1) is 5.92 Å². The van der Waals surface area contributed by atoms with Gasteiger partial charge in [0.2, 0.25) is 0 Å². The number of carbonyl (C=O) groups excluding carboxylic acids is 1. The Kier molecular flexibility index (Phi) is 7.92. The Bertz CT molecular complexity index is 1040. The highest BCUT2D eigenvalue weighted by atomic mass is 16.3. The number of likely N-dealkylation sites (tertiary alicyclic amines) is 1. The van der Waals surface area contributed by atoms with E-state index < -0.39 is 0 Å². The van der Waals surface area contributed by atoms with Crippen molar-refractivity contribution in [3.05, 3.63) is 89.5 Å². The van der Waals surface area contributed by atoms with Crippen molar-refractivity contribution in [1.82, 2.24) is 10.2 Å². The lowest BCUT2D eigenvalue weighted by molar-refractivity contribution is 0.0992. The zero-order chi connectivity index (χ0) is 23.0. The maximum atomic E-state index is 12.9. The number of nitrogens with zero attached hydrogens (tertiary/aromatic N) is 1. The first-order valence-electron chi connectivity index (χ1n) is 12.0. The van der Waals surface area contributed by atoms with E-state index in [1.807, 2.05) is 66.7 Å². The molecule has 4 rings (SSSR count). The number of phenolic OH excluding ortho intramolecular Hbond substituents is 1. The number of piperidine rings is 1. The van der Waals surface area contributed by atoms with Gasteiger partial charge in [0, 0.05) is 24.1 Å². The van der Waals surface area contributed by atoms with Gasteiger partial charge in [-0.05, 0) is 73.8 Å². The molecular formula is C29H34N2O2. The average molecular weight is 443 g/mol. The predicted molar refractivity (Wildman–Crippen MR) is 135 cm³/mol. The third-order valence-corrected chi connectivity index (χ3v) is 6.73. The van der Waals surface area contributed by atoms with Crippen LogP contribution >= 0.6 is 0 Å². The smallest absolute Gasteiger partial charge is 0.167 e. The SMILES string of the molecule is CCN1CCC(CNCc2ccc(C(=O)Cc3cc(-c4ccccc4)ccc3O)cc2)CC1. The van der Waals surface area contributed by atoms with Crippen molar-refractivity contribution >= 4 is 5.78 Å². The number of ketones is 1. The zero-order valence-corrected chi connectivity index (χ0v) is 19.5. The summed E-state index contributed by atoms with van der Waals surface area (Å²) in [4.78, 5) is 15.4. The molecule has 0 amide bonds. The fourth-order valence-electron chi connectivity index (χ4n) is 4.55. The van der Waals surface area contributed by atoms with Gasteiger partial charge in [-0.15, -0.1) is 0 Å². The molecule has 172 valence electrons. The Labute approximate surface area is 197 Å². The van der Waals surface area contributed by atoms with Crippen molar-refractivity contribution < 1.29 is 9.90 Å². The molecular weight excluding hydrogens is 408 g/mol. The van der Waals surface area contributed by atoms with E-state index in [0.29, 0.717) is 11.1 Å². The topological polar surface area (TPSA) is 52.6 Å². The number of phenols is 1. The van der Waals surface area contributed by atoms with Crippen LogP contribution in [0.3, 0.4) is 0 Å². The van der Waals surface area contributed by atoms with Crippen molar-refractivity contribution in [3.63, 3.8) is 0 Å². The third-order valence-electron chi connectivity index (χ3n) is 6.73. The van der Waals surface area contributed by atoms with Crippen LogP contribution in [0.4, 0.5) is 0 Å². The molecule has 0 spiro atoms. The second-order valence-electron chi connectivity index (χ2n) is 9.01. The molecule has 1 heterocycles. The highest BCUT2D eigenvalue weighted by molar-refractivity contribution is 5.98. The number of rotatable bonds is 9. The number of nitrogens with one attached hydrogen (secondary N) is 1. The molecule has 3 aromatic carbocycles. The zero-order valence-electron chi connectivity index (χ0n) is 19.5. The second-order valence-corrected chi connectivity index (χ2v) is 9.01. The van der Waals surface area contributed by atoms with Gasteiger partial charge >= 0.3 is 0 Å². The number of hydrogen-bond acceptors (Lipinski definition) is 4. The van der Waals surface area contributed by atoms with E-state index in [1.165, 1.54) is 31.5 Å². The summed E-state index contributed by atoms with van der Waals surface area (Å²) in [6.07, 6.45) is 2.72. The van der Waals surface area contributed by atoms with Crippen molar-refractivity contribution in [2.24, 2.45) is 5.92 Å². The number of benzene rings is 3. The van der Waals surface area contributed by atoms with Gasteiger partial charge in [-0.2, -0.15) is 0 Å². The first kappa shape index (κ1) is 23.2. The monoisotopic (exact) mass is 442 g/mol. The van der Waals surface area contributed by atoms with Gasteiger partial charge in [0.15, 0.2) is 5.78 Å². The summed E-state index contributed by atoms with van der Waals surface area (Å²) in [6, 6.07) is 23.3. The molecule has 4 nitrogen and oxygen atoms in total. The summed E-state index contributed by atoms with van der Waals surface area (Å²) in [6.45, 7) is 7.69. The molecule has 0 aromatic heterocycles. The Morgan fingerprint density at radius 3 is 2.39 bits per heavy atom. The Balaban J connectivity index is 1.31. The van der Waals surface area contributed by atoms with Crippen LogP contribution < -0.4 is 5.32 Å². The summed E-state index contributed by atoms with van der Waals surface area (Å²) in [5.41, 5.74) is 4.58. The molecule has 0 aliphatic carbocycles. The average Bonchev–Trinajstić information content (AvgIpc) is 2.86. The van der Waals surface area contributed by atoms with E-state index in [0.717, 1.165) is 36.7 Å². The normalized spacial score (nSPS) is 14.9. The fourth-order valence-corrected chi connectivity index (χ4v) is 4.55. The quantitative estimate of drug-likeness (QED) is 0.441. The van der Waals surface area contributed by atoms with Crippen LogP contribution in [-0.4, -0.2) is 42.0 Å². The van der Waals surface area contributed by atoms with E-state index in [-0.39, 0.29) is 18.0 Å². The number of aromatic hydroxyl groups is 1. The lowest BCUT2D eigenvalue weighted by Gasteiger charge is -2.31. The minimum absolute atomic E-state index is 0.0118. The largest absolute Gasteiger partial charge is 0.508 e. The van der Waals surface area contributed by atoms with Crippen LogP contribution in [0.25, 0.3) is 11.1 Å². The Morgan fingerprint density at radius 1 is 0.970 bits per heavy atom. The van der Waals surface area contributed by atoms with Crippen LogP contribution in [0.2, 0.25) is 0 Å². The first-order chi connectivity index (χ1) is 16.1. The van der Waals surface area contributed by atoms with Gasteiger partial charge in [0.1, 0.15) is 5.75 Å². The molecule has 1 fully saturated rings. The molecule has 3 aromatic rings. The molecule has 0 saturated carbocycles. The lowest BCUT2D eigenvalue weighted by atomic mass is 9.96. The maximum absolute atomic E-state index is 12.9. The summed E-state index contributed by atoms with van der Waals surface area (Å²) < 4.78 is 0. The van der Waals surface area contributed by atoms with Crippen molar-refractivity contribution in [3.8, 4) is 16.9 Å². The van der Waals surface area contributed by atoms with Gasteiger partial charge in [-0.3, -0.25) is 4.79 Å². The number of Topliss-reactive ketones (excluding diaryl/α,β-unsaturated/α-hetero) is 1. The van der Waals surface area contributed by atoms with Gasteiger partial charge in [0.05, 0.1) is 0 Å². The highest BCUT2D eigenvalue weighted by Gasteiger charge is 2.17. The van der Waals surface area contributed by atoms with Crippen LogP contribution in [0.5, 0.6) is 5.75 Å². The van der Waals surface area contributed by atoms with Crippen molar-refractivity contribution in [2.75, 3.05) is 26.2 Å². The Hall–Kier alpha value is -2.95. The second kappa shape index (κ2) is 11.3. The standard InChI is InChI=1S/C29H34N2O2/c1-2-31-16-14-23(15-17-31)21-30-20-22-8-10-25(11-9-22)29(33)19-27-18-26(12-13-28(27)32)24-6-4-3-5-7-24/h3-13,18,23,30,32H,2,14-17,19-21H2,1H3. The molecule has 33 heavy (non-hydrogen) atoms. The van der Waals surface area contributed by atoms with Crippen molar-refractivity contribution in [2.45, 2.75) is 32.7 Å². The minimum Gasteiger partial charge on any atom is -0.508 e. The van der Waals surface area contributed by atoms with Gasteiger partial charge in [-0.1, -0.05) is 67.6 Å². The van der Waals surface area contributed by atoms with Gasteiger partial charge in [0.25, 0.3) is 0 Å². The predicted octanol–water partition coefficient (Wildman–Crippen LogP) is 5.31. The molecule has 0 unspecified atom stereocenters. The molecule has 4 heteroatoms. The van der Waals surface area contributed by atoms with E-state index >= 15 is 0 Å². The minimum atomic E-state index is 0.0118. The molecule has 0 atom stereocenters. The van der Waals surface area contributed by atoms with E-state index in [1.54, 1.807) is 6.07 Å². The van der Waals surface area contributed by atoms with Crippen LogP contribution in [0.1, 0.15) is 41.3 Å². The number of hydrogen-bond donors (Lipinski definition) is 2. The van der Waals surface area contributed by atoms with Crippen LogP contribution in [0.15, 0.2) is 72.8 Å². The Morgan fingerprint density at radius 2 is 1.70 bits per heavy atom. The molecule has 1 aliphatic heterocycles. The van der Waals surface area contributed by atoms with Gasteiger partial charge < -0.3 is 15.3 Å². The molecule has 2 N–H and O–H groups in total.